The van der Waals surface area contributed by atoms with Gasteiger partial charge in [-0.3, -0.25) is 4.79 Å². The Labute approximate surface area is 78.0 Å². The van der Waals surface area contributed by atoms with Crippen molar-refractivity contribution in [3.8, 4) is 0 Å². The van der Waals surface area contributed by atoms with Gasteiger partial charge in [0, 0.05) is 0 Å². The van der Waals surface area contributed by atoms with Gasteiger partial charge in [0.1, 0.15) is 0 Å². The Morgan fingerprint density at radius 2 is 1.86 bits per heavy atom. The fraction of sp³-hybridized carbons (Fsp3) is 0.286. The minimum Gasteiger partial charge on any atom is -0.470 e. The third-order valence-electron chi connectivity index (χ3n) is 0.979. The summed E-state index contributed by atoms with van der Waals surface area (Å²) in [5.74, 6) is -0.466. The van der Waals surface area contributed by atoms with Crippen LogP contribution >= 0.6 is 0 Å². The summed E-state index contributed by atoms with van der Waals surface area (Å²) in [5, 5.41) is 0. The highest BCUT2D eigenvalue weighted by Gasteiger charge is 2.28. The molecule has 7 heteroatoms. The Bertz CT molecular complexity index is 258. The molecule has 0 aromatic heterocycles. The van der Waals surface area contributed by atoms with Gasteiger partial charge >= 0.3 is 6.18 Å². The van der Waals surface area contributed by atoms with Crippen molar-refractivity contribution in [3.63, 3.8) is 0 Å². The van der Waals surface area contributed by atoms with E-state index in [-0.39, 0.29) is 5.70 Å². The van der Waals surface area contributed by atoms with Crippen molar-refractivity contribution in [2.75, 3.05) is 6.61 Å². The monoisotopic (exact) mass is 210 g/mol. The topological polar surface area (TPSA) is 78.3 Å². The van der Waals surface area contributed by atoms with Crippen LogP contribution < -0.4 is 11.5 Å². The number of carbonyl (C=O) groups is 1. The van der Waals surface area contributed by atoms with Crippen molar-refractivity contribution in [2.45, 2.75) is 6.18 Å². The number of nitrogens with two attached hydrogens (primary N) is 2. The Kier molecular flexibility index (Phi) is 4.54. The van der Waals surface area contributed by atoms with E-state index in [2.05, 4.69) is 4.74 Å². The zero-order valence-electron chi connectivity index (χ0n) is 7.04. The summed E-state index contributed by atoms with van der Waals surface area (Å²) >= 11 is 0. The van der Waals surface area contributed by atoms with Gasteiger partial charge in [-0.1, -0.05) is 0 Å². The van der Waals surface area contributed by atoms with E-state index in [1.54, 1.807) is 0 Å². The number of aldehydes is 1. The first kappa shape index (κ1) is 12.3. The van der Waals surface area contributed by atoms with Crippen LogP contribution in [0.25, 0.3) is 0 Å². The highest BCUT2D eigenvalue weighted by atomic mass is 19.4. The van der Waals surface area contributed by atoms with E-state index in [0.29, 0.717) is 6.29 Å². The van der Waals surface area contributed by atoms with E-state index in [4.69, 9.17) is 11.5 Å². The van der Waals surface area contributed by atoms with Crippen LogP contribution in [0.1, 0.15) is 0 Å². The molecule has 0 bridgehead atoms. The largest absolute Gasteiger partial charge is 0.470 e. The van der Waals surface area contributed by atoms with Gasteiger partial charge in [0.15, 0.2) is 18.8 Å². The highest BCUT2D eigenvalue weighted by Crippen LogP contribution is 2.15. The standard InChI is InChI=1S/C7H9F3N2O2/c8-7(9,10)4-14-6(12)2-1-5(11)3-13/h1-3H,4,11-12H2/b5-1-,6-2+. The molecule has 4 nitrogen and oxygen atoms in total. The molecule has 4 N–H and O–H groups in total. The lowest BCUT2D eigenvalue weighted by molar-refractivity contribution is -0.165. The number of rotatable bonds is 4. The summed E-state index contributed by atoms with van der Waals surface area (Å²) in [5.41, 5.74) is 9.86. The lowest BCUT2D eigenvalue weighted by atomic mass is 10.4. The zero-order chi connectivity index (χ0) is 11.2. The van der Waals surface area contributed by atoms with E-state index in [0.717, 1.165) is 12.2 Å². The van der Waals surface area contributed by atoms with Crippen LogP contribution in [0.4, 0.5) is 13.2 Å². The molecule has 0 aromatic rings. The second-order valence-electron chi connectivity index (χ2n) is 2.26. The molecule has 0 aromatic carbocycles. The maximum Gasteiger partial charge on any atom is 0.422 e. The molecule has 0 heterocycles. The molecule has 0 spiro atoms. The number of carbonyl (C=O) groups excluding carboxylic acids is 1. The molecule has 0 aliphatic heterocycles. The van der Waals surface area contributed by atoms with Crippen LogP contribution in [0.5, 0.6) is 0 Å². The molecular formula is C7H9F3N2O2. The van der Waals surface area contributed by atoms with Crippen LogP contribution in [0.2, 0.25) is 0 Å². The predicted molar refractivity (Wildman–Crippen MR) is 42.6 cm³/mol. The van der Waals surface area contributed by atoms with E-state index in [9.17, 15) is 18.0 Å². The minimum absolute atomic E-state index is 0.163. The third-order valence-corrected chi connectivity index (χ3v) is 0.979. The molecular weight excluding hydrogens is 201 g/mol. The minimum atomic E-state index is -4.45. The Hall–Kier alpha value is -1.66. The van der Waals surface area contributed by atoms with Crippen LogP contribution in [-0.4, -0.2) is 19.1 Å². The van der Waals surface area contributed by atoms with E-state index >= 15 is 0 Å². The fourth-order valence-corrected chi connectivity index (χ4v) is 0.431. The van der Waals surface area contributed by atoms with Gasteiger partial charge in [0.25, 0.3) is 0 Å². The van der Waals surface area contributed by atoms with Gasteiger partial charge in [-0.25, -0.2) is 0 Å². The van der Waals surface area contributed by atoms with Gasteiger partial charge < -0.3 is 16.2 Å². The fourth-order valence-electron chi connectivity index (χ4n) is 0.431. The average molecular weight is 210 g/mol. The first-order chi connectivity index (χ1) is 6.35. The van der Waals surface area contributed by atoms with E-state index in [1.807, 2.05) is 0 Å². The quantitative estimate of drug-likeness (QED) is 0.305. The summed E-state index contributed by atoms with van der Waals surface area (Å²) in [6.45, 7) is -1.48. The zero-order valence-corrected chi connectivity index (χ0v) is 7.04. The van der Waals surface area contributed by atoms with E-state index in [1.165, 1.54) is 0 Å². The molecule has 0 amide bonds. The van der Waals surface area contributed by atoms with Crippen molar-refractivity contribution in [2.24, 2.45) is 11.5 Å². The van der Waals surface area contributed by atoms with Crippen molar-refractivity contribution < 1.29 is 22.7 Å². The first-order valence-electron chi connectivity index (χ1n) is 3.43. The van der Waals surface area contributed by atoms with Gasteiger partial charge in [-0.2, -0.15) is 13.2 Å². The van der Waals surface area contributed by atoms with Crippen molar-refractivity contribution in [1.82, 2.24) is 0 Å². The van der Waals surface area contributed by atoms with Crippen LogP contribution in [0.3, 0.4) is 0 Å². The van der Waals surface area contributed by atoms with Gasteiger partial charge in [-0.05, 0) is 12.2 Å². The molecule has 0 aliphatic carbocycles. The van der Waals surface area contributed by atoms with Gasteiger partial charge in [0.2, 0.25) is 0 Å². The van der Waals surface area contributed by atoms with E-state index < -0.39 is 18.7 Å². The number of ether oxygens (including phenoxy) is 1. The molecule has 0 aliphatic rings. The lowest BCUT2D eigenvalue weighted by Crippen LogP contribution is -2.18. The average Bonchev–Trinajstić information content (AvgIpc) is 2.09. The number of alkyl halides is 3. The second kappa shape index (κ2) is 5.15. The molecule has 80 valence electrons. The molecule has 0 radical (unpaired) electrons. The van der Waals surface area contributed by atoms with Crippen LogP contribution in [-0.2, 0) is 9.53 Å². The molecule has 14 heavy (non-hydrogen) atoms. The Morgan fingerprint density at radius 3 is 2.29 bits per heavy atom. The molecule has 0 rings (SSSR count). The number of halogens is 3. The summed E-state index contributed by atoms with van der Waals surface area (Å²) in [4.78, 5) is 9.95. The molecule has 0 atom stereocenters. The van der Waals surface area contributed by atoms with Crippen molar-refractivity contribution >= 4 is 6.29 Å². The Morgan fingerprint density at radius 1 is 1.29 bits per heavy atom. The van der Waals surface area contributed by atoms with Crippen LogP contribution in [0.15, 0.2) is 23.7 Å². The maximum absolute atomic E-state index is 11.6. The normalized spacial score (nSPS) is 13.9. The SMILES string of the molecule is N/C(C=O)=C\C=C(/N)OCC(F)(F)F. The second-order valence-corrected chi connectivity index (χ2v) is 2.26. The smallest absolute Gasteiger partial charge is 0.422 e. The first-order valence-corrected chi connectivity index (χ1v) is 3.43. The maximum atomic E-state index is 11.6. The number of hydrogen-bond acceptors (Lipinski definition) is 4. The third kappa shape index (κ3) is 7.01. The summed E-state index contributed by atoms with van der Waals surface area (Å²) in [7, 11) is 0. The summed E-state index contributed by atoms with van der Waals surface area (Å²) in [6, 6.07) is 0. The van der Waals surface area contributed by atoms with Crippen LogP contribution in [0, 0.1) is 0 Å². The molecule has 0 saturated carbocycles. The molecule has 0 fully saturated rings. The summed E-state index contributed by atoms with van der Waals surface area (Å²) in [6.07, 6.45) is -2.11. The number of hydrogen-bond donors (Lipinski definition) is 2. The Balaban J connectivity index is 4.09. The van der Waals surface area contributed by atoms with Gasteiger partial charge in [-0.15, -0.1) is 0 Å². The van der Waals surface area contributed by atoms with Crippen molar-refractivity contribution in [1.29, 1.82) is 0 Å². The van der Waals surface area contributed by atoms with Gasteiger partial charge in [0.05, 0.1) is 5.70 Å². The highest BCUT2D eigenvalue weighted by molar-refractivity contribution is 5.72. The number of allylic oxidation sites excluding steroid dienone is 3. The lowest BCUT2D eigenvalue weighted by Gasteiger charge is -2.07. The molecule has 0 saturated heterocycles. The molecule has 0 unspecified atom stereocenters. The van der Waals surface area contributed by atoms with Crippen molar-refractivity contribution in [3.05, 3.63) is 23.7 Å². The predicted octanol–water partition coefficient (Wildman–Crippen LogP) is 0.407. The summed E-state index contributed by atoms with van der Waals surface area (Å²) < 4.78 is 38.8.